The van der Waals surface area contributed by atoms with Gasteiger partial charge >= 0.3 is 0 Å². The zero-order valence-electron chi connectivity index (χ0n) is 13.7. The molecule has 4 N–H and O–H groups in total. The highest BCUT2D eigenvalue weighted by Crippen LogP contribution is 2.30. The van der Waals surface area contributed by atoms with Gasteiger partial charge in [0.1, 0.15) is 0 Å². The minimum absolute atomic E-state index is 0.0328. The predicted octanol–water partition coefficient (Wildman–Crippen LogP) is 0.364. The maximum Gasteiger partial charge on any atom is 0.269 e. The number of sulfonamides is 1. The lowest BCUT2D eigenvalue weighted by atomic mass is 9.95. The quantitative estimate of drug-likeness (QED) is 0.342. The molecule has 1 saturated carbocycles. The van der Waals surface area contributed by atoms with E-state index in [4.69, 9.17) is 5.73 Å². The highest BCUT2D eigenvalue weighted by atomic mass is 32.2. The molecule has 10 heteroatoms. The van der Waals surface area contributed by atoms with E-state index in [9.17, 15) is 23.3 Å². The van der Waals surface area contributed by atoms with E-state index in [1.54, 1.807) is 0 Å². The summed E-state index contributed by atoms with van der Waals surface area (Å²) in [6, 6.07) is 4.60. The molecule has 1 aliphatic carbocycles. The van der Waals surface area contributed by atoms with Crippen LogP contribution in [0.15, 0.2) is 29.2 Å². The molecule has 0 bridgehead atoms. The zero-order valence-corrected chi connectivity index (χ0v) is 14.5. The molecule has 1 aromatic carbocycles. The van der Waals surface area contributed by atoms with Crippen LogP contribution in [0, 0.1) is 22.0 Å². The number of amides is 1. The number of nitrogens with two attached hydrogens (primary N) is 1. The Kier molecular flexibility index (Phi) is 6.45. The van der Waals surface area contributed by atoms with Crippen LogP contribution in [0.1, 0.15) is 19.3 Å². The molecule has 1 aromatic rings. The molecule has 138 valence electrons. The first kappa shape index (κ1) is 19.3. The van der Waals surface area contributed by atoms with Crippen molar-refractivity contribution in [2.45, 2.75) is 24.2 Å². The van der Waals surface area contributed by atoms with Gasteiger partial charge in [-0.1, -0.05) is 6.42 Å². The van der Waals surface area contributed by atoms with Crippen LogP contribution < -0.4 is 15.8 Å². The summed E-state index contributed by atoms with van der Waals surface area (Å²) in [6.45, 7) is 0.675. The number of benzene rings is 1. The van der Waals surface area contributed by atoms with Crippen molar-refractivity contribution in [3.8, 4) is 0 Å². The van der Waals surface area contributed by atoms with Crippen molar-refractivity contribution in [2.24, 2.45) is 17.6 Å². The fourth-order valence-electron chi connectivity index (χ4n) is 3.00. The second-order valence-corrected chi connectivity index (χ2v) is 7.74. The summed E-state index contributed by atoms with van der Waals surface area (Å²) in [5.74, 6) is -0.00411. The topological polar surface area (TPSA) is 144 Å². The Morgan fingerprint density at radius 1 is 1.24 bits per heavy atom. The summed E-state index contributed by atoms with van der Waals surface area (Å²) in [6.07, 6.45) is 2.73. The fourth-order valence-corrected chi connectivity index (χ4v) is 4.03. The molecule has 0 heterocycles. The van der Waals surface area contributed by atoms with Crippen LogP contribution in [0.4, 0.5) is 5.69 Å². The first-order chi connectivity index (χ1) is 11.8. The molecule has 1 amide bonds. The van der Waals surface area contributed by atoms with Crippen molar-refractivity contribution in [1.82, 2.24) is 10.0 Å². The van der Waals surface area contributed by atoms with Crippen molar-refractivity contribution in [3.63, 3.8) is 0 Å². The van der Waals surface area contributed by atoms with Crippen LogP contribution >= 0.6 is 0 Å². The van der Waals surface area contributed by atoms with Gasteiger partial charge in [-0.2, -0.15) is 0 Å². The Labute approximate surface area is 146 Å². The maximum absolute atomic E-state index is 12.1. The standard InChI is InChI=1S/C15H22N4O5S/c16-10-11-2-1-3-14(11)15(20)17-8-9-18-25(23,24)13-6-4-12(5-7-13)19(21)22/h4-7,11,14,18H,1-3,8-10,16H2,(H,17,20)/t11-,14-/m1/s1. The molecule has 0 spiro atoms. The normalized spacial score (nSPS) is 20.4. The summed E-state index contributed by atoms with van der Waals surface area (Å²) in [7, 11) is -3.78. The predicted molar refractivity (Wildman–Crippen MR) is 91.2 cm³/mol. The first-order valence-electron chi connectivity index (χ1n) is 8.07. The number of hydrogen-bond acceptors (Lipinski definition) is 6. The van der Waals surface area contributed by atoms with Crippen LogP contribution in [0.5, 0.6) is 0 Å². The van der Waals surface area contributed by atoms with Crippen molar-refractivity contribution in [2.75, 3.05) is 19.6 Å². The van der Waals surface area contributed by atoms with E-state index in [-0.39, 0.29) is 41.4 Å². The van der Waals surface area contributed by atoms with E-state index in [1.165, 1.54) is 12.1 Å². The number of nitro benzene ring substituents is 1. The summed E-state index contributed by atoms with van der Waals surface area (Å²) < 4.78 is 26.6. The molecular weight excluding hydrogens is 348 g/mol. The Bertz CT molecular complexity index is 720. The minimum Gasteiger partial charge on any atom is -0.355 e. The lowest BCUT2D eigenvalue weighted by Gasteiger charge is -2.17. The van der Waals surface area contributed by atoms with Gasteiger partial charge < -0.3 is 11.1 Å². The van der Waals surface area contributed by atoms with E-state index in [2.05, 4.69) is 10.0 Å². The van der Waals surface area contributed by atoms with Gasteiger partial charge in [0.25, 0.3) is 5.69 Å². The van der Waals surface area contributed by atoms with Crippen molar-refractivity contribution >= 4 is 21.6 Å². The molecule has 0 aromatic heterocycles. The van der Waals surface area contributed by atoms with Gasteiger partial charge in [0, 0.05) is 31.1 Å². The van der Waals surface area contributed by atoms with E-state index in [1.807, 2.05) is 0 Å². The molecule has 0 aliphatic heterocycles. The minimum atomic E-state index is -3.78. The molecule has 9 nitrogen and oxygen atoms in total. The Hall–Kier alpha value is -2.04. The zero-order chi connectivity index (χ0) is 18.4. The lowest BCUT2D eigenvalue weighted by molar-refractivity contribution is -0.384. The number of rotatable bonds is 8. The molecule has 2 rings (SSSR count). The molecule has 1 aliphatic rings. The number of nitrogens with zero attached hydrogens (tertiary/aromatic N) is 1. The summed E-state index contributed by atoms with van der Waals surface area (Å²) in [4.78, 5) is 22.0. The number of carbonyl (C=O) groups is 1. The summed E-state index contributed by atoms with van der Waals surface area (Å²) in [5, 5.41) is 13.3. The van der Waals surface area contributed by atoms with Gasteiger partial charge in [0.2, 0.25) is 15.9 Å². The molecule has 0 unspecified atom stereocenters. The van der Waals surface area contributed by atoms with Gasteiger partial charge in [-0.05, 0) is 37.4 Å². The number of nitrogens with one attached hydrogen (secondary N) is 2. The Morgan fingerprint density at radius 2 is 1.92 bits per heavy atom. The first-order valence-corrected chi connectivity index (χ1v) is 9.55. The van der Waals surface area contributed by atoms with E-state index in [0.29, 0.717) is 6.54 Å². The Balaban J connectivity index is 1.82. The highest BCUT2D eigenvalue weighted by Gasteiger charge is 2.31. The van der Waals surface area contributed by atoms with Crippen LogP contribution in [0.3, 0.4) is 0 Å². The van der Waals surface area contributed by atoms with Crippen LogP contribution in [0.25, 0.3) is 0 Å². The lowest BCUT2D eigenvalue weighted by Crippen LogP contribution is -2.39. The largest absolute Gasteiger partial charge is 0.355 e. The van der Waals surface area contributed by atoms with Crippen LogP contribution in [-0.2, 0) is 14.8 Å². The number of nitro groups is 1. The number of hydrogen-bond donors (Lipinski definition) is 3. The van der Waals surface area contributed by atoms with Crippen molar-refractivity contribution in [3.05, 3.63) is 34.4 Å². The van der Waals surface area contributed by atoms with E-state index >= 15 is 0 Å². The van der Waals surface area contributed by atoms with Gasteiger partial charge in [-0.25, -0.2) is 13.1 Å². The summed E-state index contributed by atoms with van der Waals surface area (Å²) >= 11 is 0. The van der Waals surface area contributed by atoms with Gasteiger partial charge in [-0.15, -0.1) is 0 Å². The third-order valence-electron chi connectivity index (χ3n) is 4.37. The van der Waals surface area contributed by atoms with Crippen LogP contribution in [-0.4, -0.2) is 38.9 Å². The Morgan fingerprint density at radius 3 is 2.52 bits per heavy atom. The average molecular weight is 370 g/mol. The van der Waals surface area contributed by atoms with Gasteiger partial charge in [-0.3, -0.25) is 14.9 Å². The molecular formula is C15H22N4O5S. The monoisotopic (exact) mass is 370 g/mol. The molecule has 0 saturated heterocycles. The molecule has 0 radical (unpaired) electrons. The molecule has 1 fully saturated rings. The third-order valence-corrected chi connectivity index (χ3v) is 5.85. The van der Waals surface area contributed by atoms with Gasteiger partial charge in [0.15, 0.2) is 0 Å². The smallest absolute Gasteiger partial charge is 0.269 e. The van der Waals surface area contributed by atoms with Crippen LogP contribution in [0.2, 0.25) is 0 Å². The third kappa shape index (κ3) is 4.97. The second kappa shape index (κ2) is 8.37. The molecule has 2 atom stereocenters. The molecule has 25 heavy (non-hydrogen) atoms. The fraction of sp³-hybridized carbons (Fsp3) is 0.533. The van der Waals surface area contributed by atoms with E-state index in [0.717, 1.165) is 31.4 Å². The number of non-ortho nitro benzene ring substituents is 1. The van der Waals surface area contributed by atoms with Gasteiger partial charge in [0.05, 0.1) is 9.82 Å². The number of carbonyl (C=O) groups excluding carboxylic acids is 1. The van der Waals surface area contributed by atoms with Crippen molar-refractivity contribution in [1.29, 1.82) is 0 Å². The summed E-state index contributed by atoms with van der Waals surface area (Å²) in [5.41, 5.74) is 5.47. The SMILES string of the molecule is NC[C@H]1CCC[C@H]1C(=O)NCCNS(=O)(=O)c1ccc([N+](=O)[O-])cc1. The second-order valence-electron chi connectivity index (χ2n) is 5.97. The maximum atomic E-state index is 12.1. The van der Waals surface area contributed by atoms with E-state index < -0.39 is 14.9 Å². The highest BCUT2D eigenvalue weighted by molar-refractivity contribution is 7.89. The average Bonchev–Trinajstić information content (AvgIpc) is 3.07. The van der Waals surface area contributed by atoms with Crippen molar-refractivity contribution < 1.29 is 18.1 Å².